The Kier molecular flexibility index (Phi) is 3.37. The number of carbonyl (C=O) groups excluding carboxylic acids is 1. The molecule has 0 N–H and O–H groups in total. The minimum Gasteiger partial charge on any atom is -0.381 e. The fourth-order valence-corrected chi connectivity index (χ4v) is 4.05. The molecule has 2 nitrogen and oxygen atoms in total. The topological polar surface area (TPSA) is 26.3 Å². The molecule has 1 aliphatic heterocycles. The zero-order chi connectivity index (χ0) is 12.7. The van der Waals surface area contributed by atoms with Crippen LogP contribution in [0.15, 0.2) is 0 Å². The lowest BCUT2D eigenvalue weighted by Crippen LogP contribution is -2.33. The molecule has 0 amide bonds. The van der Waals surface area contributed by atoms with E-state index in [2.05, 4.69) is 27.7 Å². The minimum absolute atomic E-state index is 0.00289. The van der Waals surface area contributed by atoms with Crippen molar-refractivity contribution in [1.29, 1.82) is 0 Å². The molecule has 3 fully saturated rings. The first-order valence-corrected chi connectivity index (χ1v) is 7.03. The van der Waals surface area contributed by atoms with Crippen molar-refractivity contribution in [3.63, 3.8) is 0 Å². The van der Waals surface area contributed by atoms with Crippen molar-refractivity contribution in [3.8, 4) is 0 Å². The number of hydrogen-bond acceptors (Lipinski definition) is 2. The summed E-state index contributed by atoms with van der Waals surface area (Å²) >= 11 is 0. The summed E-state index contributed by atoms with van der Waals surface area (Å²) in [5.74, 6) is 1.48. The maximum absolute atomic E-state index is 11.9. The highest BCUT2D eigenvalue weighted by Crippen LogP contribution is 2.65. The van der Waals surface area contributed by atoms with Crippen molar-refractivity contribution >= 4 is 5.78 Å². The lowest BCUT2D eigenvalue weighted by Gasteiger charge is -2.32. The van der Waals surface area contributed by atoms with Crippen LogP contribution in [-0.2, 0) is 9.53 Å². The third-order valence-corrected chi connectivity index (χ3v) is 5.69. The van der Waals surface area contributed by atoms with Crippen molar-refractivity contribution in [2.75, 3.05) is 13.2 Å². The molecule has 98 valence electrons. The molecule has 0 spiro atoms. The molecule has 0 aromatic rings. The summed E-state index contributed by atoms with van der Waals surface area (Å²) in [4.78, 5) is 11.9. The summed E-state index contributed by atoms with van der Waals surface area (Å²) in [6.45, 7) is 10.8. The highest BCUT2D eigenvalue weighted by molar-refractivity contribution is 5.91. The highest BCUT2D eigenvalue weighted by atomic mass is 16.5. The molecule has 2 heteroatoms. The van der Waals surface area contributed by atoms with Crippen LogP contribution in [0.5, 0.6) is 0 Å². The van der Waals surface area contributed by atoms with Gasteiger partial charge in [-0.05, 0) is 37.0 Å². The molecule has 0 aromatic carbocycles. The Balaban J connectivity index is 0.000000181. The van der Waals surface area contributed by atoms with Gasteiger partial charge in [0.15, 0.2) is 0 Å². The Bertz CT molecular complexity index is 296. The molecule has 1 saturated heterocycles. The Hall–Kier alpha value is -0.370. The molecule has 1 heterocycles. The van der Waals surface area contributed by atoms with E-state index in [1.807, 2.05) is 0 Å². The molecule has 2 saturated carbocycles. The Morgan fingerprint density at radius 2 is 1.76 bits per heavy atom. The zero-order valence-electron chi connectivity index (χ0n) is 11.7. The summed E-state index contributed by atoms with van der Waals surface area (Å²) < 4.78 is 4.94. The van der Waals surface area contributed by atoms with Gasteiger partial charge in [-0.3, -0.25) is 4.79 Å². The molecule has 2 bridgehead atoms. The van der Waals surface area contributed by atoms with Crippen LogP contribution >= 0.6 is 0 Å². The monoisotopic (exact) mass is 238 g/mol. The maximum Gasteiger partial charge on any atom is 0.142 e. The molecular weight excluding hydrogens is 212 g/mol. The molecule has 3 unspecified atom stereocenters. The van der Waals surface area contributed by atoms with E-state index in [0.717, 1.165) is 19.6 Å². The van der Waals surface area contributed by atoms with E-state index < -0.39 is 0 Å². The number of ether oxygens (including phenoxy) is 1. The Morgan fingerprint density at radius 3 is 2.00 bits per heavy atom. The van der Waals surface area contributed by atoms with Gasteiger partial charge in [-0.1, -0.05) is 27.7 Å². The van der Waals surface area contributed by atoms with E-state index in [-0.39, 0.29) is 10.8 Å². The summed E-state index contributed by atoms with van der Waals surface area (Å²) in [5, 5.41) is 0. The third-order valence-electron chi connectivity index (χ3n) is 5.69. The average Bonchev–Trinajstić information content (AvgIpc) is 2.92. The van der Waals surface area contributed by atoms with Crippen LogP contribution in [0.25, 0.3) is 0 Å². The van der Waals surface area contributed by atoms with Crippen molar-refractivity contribution in [2.24, 2.45) is 22.7 Å². The number of hydrogen-bond donors (Lipinski definition) is 0. The second-order valence-corrected chi connectivity index (χ2v) is 6.67. The molecule has 3 rings (SSSR count). The first-order chi connectivity index (χ1) is 7.91. The lowest BCUT2D eigenvalue weighted by molar-refractivity contribution is -0.131. The van der Waals surface area contributed by atoms with Gasteiger partial charge >= 0.3 is 0 Å². The molecule has 3 aliphatic rings. The van der Waals surface area contributed by atoms with Gasteiger partial charge in [0.1, 0.15) is 5.78 Å². The van der Waals surface area contributed by atoms with E-state index in [0.29, 0.717) is 17.6 Å². The normalized spacial score (nSPS) is 42.5. The first-order valence-electron chi connectivity index (χ1n) is 7.03. The highest BCUT2D eigenvalue weighted by Gasteiger charge is 2.64. The van der Waals surface area contributed by atoms with Crippen molar-refractivity contribution in [2.45, 2.75) is 53.4 Å². The number of fused-ring (bicyclic) bond motifs is 2. The van der Waals surface area contributed by atoms with Gasteiger partial charge in [0.05, 0.1) is 0 Å². The van der Waals surface area contributed by atoms with E-state index in [1.54, 1.807) is 0 Å². The second kappa shape index (κ2) is 4.38. The Morgan fingerprint density at radius 1 is 1.18 bits per heavy atom. The predicted octanol–water partition coefficient (Wildman–Crippen LogP) is 3.44. The molecular formula is C15H26O2. The van der Waals surface area contributed by atoms with Gasteiger partial charge in [0.2, 0.25) is 0 Å². The number of Topliss-reactive ketones (excluding diaryl/α,β-unsaturated/α-hetero) is 1. The summed E-state index contributed by atoms with van der Waals surface area (Å²) in [6.07, 6.45) is 4.93. The number of ketones is 1. The van der Waals surface area contributed by atoms with Crippen LogP contribution in [0.1, 0.15) is 53.4 Å². The average molecular weight is 238 g/mol. The van der Waals surface area contributed by atoms with Crippen LogP contribution in [-0.4, -0.2) is 19.0 Å². The fourth-order valence-electron chi connectivity index (χ4n) is 4.05. The zero-order valence-corrected chi connectivity index (χ0v) is 11.7. The largest absolute Gasteiger partial charge is 0.381 e. The third kappa shape index (κ3) is 1.85. The Labute approximate surface area is 105 Å². The van der Waals surface area contributed by atoms with Gasteiger partial charge < -0.3 is 4.74 Å². The standard InChI is InChI=1S/C11H18O.C4H8O/c1-7-8-5-6-11(4,9(7)12)10(8,2)3;1-2-4-5-3-1/h7-8H,5-6H2,1-4H3;1-4H2. The van der Waals surface area contributed by atoms with E-state index in [1.165, 1.54) is 19.3 Å². The van der Waals surface area contributed by atoms with Crippen molar-refractivity contribution in [3.05, 3.63) is 0 Å². The van der Waals surface area contributed by atoms with Crippen LogP contribution in [0.4, 0.5) is 0 Å². The van der Waals surface area contributed by atoms with Crippen LogP contribution < -0.4 is 0 Å². The lowest BCUT2D eigenvalue weighted by atomic mass is 9.70. The number of carbonyl (C=O) groups is 1. The second-order valence-electron chi connectivity index (χ2n) is 6.67. The quantitative estimate of drug-likeness (QED) is 0.646. The van der Waals surface area contributed by atoms with Gasteiger partial charge in [0.25, 0.3) is 0 Å². The first kappa shape index (κ1) is 13.1. The summed E-state index contributed by atoms with van der Waals surface area (Å²) in [5.41, 5.74) is 0.251. The van der Waals surface area contributed by atoms with Gasteiger partial charge in [0, 0.05) is 24.5 Å². The van der Waals surface area contributed by atoms with Gasteiger partial charge in [-0.15, -0.1) is 0 Å². The molecule has 17 heavy (non-hydrogen) atoms. The van der Waals surface area contributed by atoms with Crippen LogP contribution in [0.2, 0.25) is 0 Å². The smallest absolute Gasteiger partial charge is 0.142 e. The molecule has 0 radical (unpaired) electrons. The van der Waals surface area contributed by atoms with Crippen LogP contribution in [0, 0.1) is 22.7 Å². The molecule has 0 aromatic heterocycles. The molecule has 3 atom stereocenters. The minimum atomic E-state index is -0.00289. The SMILES string of the molecule is C1CCOC1.CC1C(=O)C2(C)CCC1C2(C)C. The summed E-state index contributed by atoms with van der Waals surface area (Å²) in [7, 11) is 0. The van der Waals surface area contributed by atoms with E-state index in [4.69, 9.17) is 4.74 Å². The van der Waals surface area contributed by atoms with Crippen molar-refractivity contribution in [1.82, 2.24) is 0 Å². The molecule has 2 aliphatic carbocycles. The summed E-state index contributed by atoms with van der Waals surface area (Å²) in [6, 6.07) is 0. The van der Waals surface area contributed by atoms with Gasteiger partial charge in [-0.2, -0.15) is 0 Å². The van der Waals surface area contributed by atoms with E-state index in [9.17, 15) is 4.79 Å². The predicted molar refractivity (Wildman–Crippen MR) is 68.8 cm³/mol. The fraction of sp³-hybridized carbons (Fsp3) is 0.933. The van der Waals surface area contributed by atoms with Crippen molar-refractivity contribution < 1.29 is 9.53 Å². The van der Waals surface area contributed by atoms with Gasteiger partial charge in [-0.25, -0.2) is 0 Å². The van der Waals surface area contributed by atoms with Crippen LogP contribution in [0.3, 0.4) is 0 Å². The number of rotatable bonds is 0. The maximum atomic E-state index is 11.9. The van der Waals surface area contributed by atoms with E-state index >= 15 is 0 Å².